The van der Waals surface area contributed by atoms with E-state index in [4.69, 9.17) is 4.99 Å². The van der Waals surface area contributed by atoms with Gasteiger partial charge in [-0.25, -0.2) is 0 Å². The van der Waals surface area contributed by atoms with Crippen LogP contribution < -0.4 is 10.6 Å². The number of amidine groups is 1. The van der Waals surface area contributed by atoms with Gasteiger partial charge >= 0.3 is 0 Å². The minimum absolute atomic E-state index is 0.123. The fraction of sp³-hybridized carbons (Fsp3) is 0.710. The third-order valence-corrected chi connectivity index (χ3v) is 7.98. The van der Waals surface area contributed by atoms with Crippen LogP contribution in [0.5, 0.6) is 0 Å². The van der Waals surface area contributed by atoms with E-state index in [0.717, 1.165) is 75.3 Å². The molecular formula is C31H51N5O. The molecule has 1 aliphatic carbocycles. The molecule has 0 saturated carbocycles. The summed E-state index contributed by atoms with van der Waals surface area (Å²) in [5.74, 6) is 0.626. The van der Waals surface area contributed by atoms with Gasteiger partial charge in [0, 0.05) is 24.4 Å². The van der Waals surface area contributed by atoms with Crippen molar-refractivity contribution in [3.05, 3.63) is 35.1 Å². The number of amides is 1. The molecule has 0 spiro atoms. The predicted molar refractivity (Wildman–Crippen MR) is 155 cm³/mol. The molecule has 2 rings (SSSR count). The SMILES string of the molecule is CCC=C(C)NC(=NC(CCC(C)(C)CC)C(=O)NC1(C#N)CCN(CCC)CC1)C1=C(C)CCC=C1. The van der Waals surface area contributed by atoms with Gasteiger partial charge in [-0.3, -0.25) is 9.79 Å². The molecule has 0 aromatic carbocycles. The number of nitriles is 1. The van der Waals surface area contributed by atoms with Gasteiger partial charge in [-0.15, -0.1) is 0 Å². The van der Waals surface area contributed by atoms with E-state index >= 15 is 0 Å². The zero-order valence-corrected chi connectivity index (χ0v) is 24.5. The minimum atomic E-state index is -0.819. The average molecular weight is 510 g/mol. The van der Waals surface area contributed by atoms with E-state index in [-0.39, 0.29) is 11.3 Å². The molecule has 6 nitrogen and oxygen atoms in total. The molecule has 1 fully saturated rings. The summed E-state index contributed by atoms with van der Waals surface area (Å²) in [7, 11) is 0. The van der Waals surface area contributed by atoms with Crippen LogP contribution in [0, 0.1) is 16.7 Å². The number of nitrogens with zero attached hydrogens (tertiary/aromatic N) is 3. The number of aliphatic imine (C=N–C) groups is 1. The lowest BCUT2D eigenvalue weighted by Crippen LogP contribution is -2.56. The first-order valence-corrected chi connectivity index (χ1v) is 14.4. The second-order valence-electron chi connectivity index (χ2n) is 11.6. The second-order valence-corrected chi connectivity index (χ2v) is 11.6. The number of nitrogens with one attached hydrogen (secondary N) is 2. The van der Waals surface area contributed by atoms with Crippen LogP contribution in [0.1, 0.15) is 106 Å². The maximum atomic E-state index is 13.8. The molecule has 206 valence electrons. The fourth-order valence-electron chi connectivity index (χ4n) is 4.94. The molecule has 1 aliphatic heterocycles. The van der Waals surface area contributed by atoms with Crippen LogP contribution in [0.4, 0.5) is 0 Å². The normalized spacial score (nSPS) is 19.9. The molecular weight excluding hydrogens is 458 g/mol. The van der Waals surface area contributed by atoms with Gasteiger partial charge < -0.3 is 15.5 Å². The summed E-state index contributed by atoms with van der Waals surface area (Å²) >= 11 is 0. The van der Waals surface area contributed by atoms with Gasteiger partial charge in [0.15, 0.2) is 0 Å². The summed E-state index contributed by atoms with van der Waals surface area (Å²) in [6, 6.07) is 1.91. The highest BCUT2D eigenvalue weighted by Crippen LogP contribution is 2.29. The third kappa shape index (κ3) is 9.45. The first kappa shape index (κ1) is 30.8. The molecule has 2 aliphatic rings. The van der Waals surface area contributed by atoms with Crippen molar-refractivity contribution in [2.45, 2.75) is 118 Å². The summed E-state index contributed by atoms with van der Waals surface area (Å²) in [5, 5.41) is 16.8. The second kappa shape index (κ2) is 14.5. The number of hydrogen-bond acceptors (Lipinski definition) is 4. The quantitative estimate of drug-likeness (QED) is 0.235. The molecule has 6 heteroatoms. The number of carbonyl (C=O) groups is 1. The maximum Gasteiger partial charge on any atom is 0.246 e. The summed E-state index contributed by atoms with van der Waals surface area (Å²) in [6.07, 6.45) is 14.4. The number of hydrogen-bond donors (Lipinski definition) is 2. The topological polar surface area (TPSA) is 80.5 Å². The average Bonchev–Trinajstić information content (AvgIpc) is 2.87. The lowest BCUT2D eigenvalue weighted by Gasteiger charge is -2.38. The summed E-state index contributed by atoms with van der Waals surface area (Å²) in [5.41, 5.74) is 2.69. The molecule has 1 unspecified atom stereocenters. The lowest BCUT2D eigenvalue weighted by atomic mass is 9.83. The molecule has 37 heavy (non-hydrogen) atoms. The van der Waals surface area contributed by atoms with Gasteiger partial charge in [0.2, 0.25) is 5.91 Å². The summed E-state index contributed by atoms with van der Waals surface area (Å²) < 4.78 is 0. The van der Waals surface area contributed by atoms with Crippen LogP contribution in [0.3, 0.4) is 0 Å². The number of carbonyl (C=O) groups excluding carboxylic acids is 1. The van der Waals surface area contributed by atoms with Gasteiger partial charge in [0.25, 0.3) is 0 Å². The van der Waals surface area contributed by atoms with Crippen LogP contribution in [0.15, 0.2) is 40.1 Å². The monoisotopic (exact) mass is 509 g/mol. The van der Waals surface area contributed by atoms with Crippen LogP contribution in [-0.2, 0) is 4.79 Å². The van der Waals surface area contributed by atoms with Gasteiger partial charge in [0.05, 0.1) is 6.07 Å². The minimum Gasteiger partial charge on any atom is -0.344 e. The van der Waals surface area contributed by atoms with E-state index in [2.05, 4.69) is 81.4 Å². The van der Waals surface area contributed by atoms with E-state index in [9.17, 15) is 10.1 Å². The summed E-state index contributed by atoms with van der Waals surface area (Å²) in [4.78, 5) is 21.3. The Hall–Kier alpha value is -2.39. The van der Waals surface area contributed by atoms with Gasteiger partial charge in [0.1, 0.15) is 17.4 Å². The molecule has 1 heterocycles. The van der Waals surface area contributed by atoms with Crippen molar-refractivity contribution in [1.82, 2.24) is 15.5 Å². The Balaban J connectivity index is 2.40. The molecule has 1 amide bonds. The van der Waals surface area contributed by atoms with E-state index in [0.29, 0.717) is 19.3 Å². The Morgan fingerprint density at radius 1 is 1.30 bits per heavy atom. The summed E-state index contributed by atoms with van der Waals surface area (Å²) in [6.45, 7) is 17.9. The molecule has 0 aromatic rings. The molecule has 1 atom stereocenters. The Bertz CT molecular complexity index is 926. The van der Waals surface area contributed by atoms with Crippen molar-refractivity contribution in [1.29, 1.82) is 5.26 Å². The van der Waals surface area contributed by atoms with E-state index in [1.807, 2.05) is 6.92 Å². The predicted octanol–water partition coefficient (Wildman–Crippen LogP) is 6.42. The smallest absolute Gasteiger partial charge is 0.246 e. The van der Waals surface area contributed by atoms with Crippen molar-refractivity contribution < 1.29 is 4.79 Å². The number of allylic oxidation sites excluding steroid dienone is 4. The van der Waals surface area contributed by atoms with Gasteiger partial charge in [-0.1, -0.05) is 64.8 Å². The third-order valence-electron chi connectivity index (χ3n) is 7.98. The molecule has 0 radical (unpaired) electrons. The Labute approximate surface area is 226 Å². The van der Waals surface area contributed by atoms with E-state index < -0.39 is 11.6 Å². The first-order chi connectivity index (χ1) is 17.6. The Morgan fingerprint density at radius 2 is 2.00 bits per heavy atom. The van der Waals surface area contributed by atoms with Crippen molar-refractivity contribution in [2.24, 2.45) is 10.4 Å². The molecule has 1 saturated heterocycles. The highest BCUT2D eigenvalue weighted by Gasteiger charge is 2.38. The van der Waals surface area contributed by atoms with Gasteiger partial charge in [-0.05, 0) is 77.2 Å². The van der Waals surface area contributed by atoms with Crippen molar-refractivity contribution >= 4 is 11.7 Å². The Kier molecular flexibility index (Phi) is 12.1. The molecule has 0 bridgehead atoms. The van der Waals surface area contributed by atoms with E-state index in [1.54, 1.807) is 0 Å². The molecule has 2 N–H and O–H groups in total. The number of piperidine rings is 1. The highest BCUT2D eigenvalue weighted by molar-refractivity contribution is 6.04. The van der Waals surface area contributed by atoms with E-state index in [1.165, 1.54) is 5.57 Å². The zero-order chi connectivity index (χ0) is 27.5. The lowest BCUT2D eigenvalue weighted by molar-refractivity contribution is -0.124. The maximum absolute atomic E-state index is 13.8. The highest BCUT2D eigenvalue weighted by atomic mass is 16.2. The Morgan fingerprint density at radius 3 is 2.57 bits per heavy atom. The van der Waals surface area contributed by atoms with Crippen LogP contribution >= 0.6 is 0 Å². The van der Waals surface area contributed by atoms with Crippen molar-refractivity contribution in [2.75, 3.05) is 19.6 Å². The standard InChI is InChI=1S/C31H51N5O/c1-8-13-25(5)33-28(26-15-12-11-14-24(26)4)34-27(16-17-30(6,7)10-3)29(37)35-31(23-32)18-21-36(20-9-2)22-19-31/h12-13,15,27H,8-11,14,16-22H2,1-7H3,(H,33,34)(H,35,37). The van der Waals surface area contributed by atoms with Crippen molar-refractivity contribution in [3.63, 3.8) is 0 Å². The van der Waals surface area contributed by atoms with Crippen molar-refractivity contribution in [3.8, 4) is 6.07 Å². The van der Waals surface area contributed by atoms with Crippen LogP contribution in [0.2, 0.25) is 0 Å². The molecule has 0 aromatic heterocycles. The van der Waals surface area contributed by atoms with Gasteiger partial charge in [-0.2, -0.15) is 5.26 Å². The number of rotatable bonds is 12. The van der Waals surface area contributed by atoms with Crippen LogP contribution in [-0.4, -0.2) is 47.9 Å². The fourth-order valence-corrected chi connectivity index (χ4v) is 4.94. The largest absolute Gasteiger partial charge is 0.344 e. The van der Waals surface area contributed by atoms with Crippen LogP contribution in [0.25, 0.3) is 0 Å². The zero-order valence-electron chi connectivity index (χ0n) is 24.5. The number of likely N-dealkylation sites (tertiary alicyclic amines) is 1. The first-order valence-electron chi connectivity index (χ1n) is 14.4.